The van der Waals surface area contributed by atoms with Crippen LogP contribution in [0.1, 0.15) is 19.8 Å². The van der Waals surface area contributed by atoms with E-state index >= 15 is 0 Å². The highest BCUT2D eigenvalue weighted by Gasteiger charge is 2.45. The lowest BCUT2D eigenvalue weighted by molar-refractivity contribution is -0.249. The van der Waals surface area contributed by atoms with Crippen molar-refractivity contribution in [2.24, 2.45) is 0 Å². The van der Waals surface area contributed by atoms with Crippen molar-refractivity contribution >= 4 is 0 Å². The Balaban J connectivity index is 2.70. The largest absolute Gasteiger partial charge is 0.394 e. The first-order chi connectivity index (χ1) is 7.52. The second-order valence-electron chi connectivity index (χ2n) is 4.15. The van der Waals surface area contributed by atoms with Crippen molar-refractivity contribution in [1.29, 1.82) is 0 Å². The minimum absolute atomic E-state index is 0.419. The van der Waals surface area contributed by atoms with E-state index in [9.17, 15) is 20.4 Å². The number of aliphatic hydroxyl groups excluding tert-OH is 5. The van der Waals surface area contributed by atoms with E-state index in [-0.39, 0.29) is 0 Å². The molecule has 6 nitrogen and oxygen atoms in total. The van der Waals surface area contributed by atoms with Crippen LogP contribution in [0.15, 0.2) is 0 Å². The van der Waals surface area contributed by atoms with E-state index in [2.05, 4.69) is 0 Å². The topological polar surface area (TPSA) is 110 Å². The fourth-order valence-electron chi connectivity index (χ4n) is 1.91. The van der Waals surface area contributed by atoms with Gasteiger partial charge in [-0.25, -0.2) is 0 Å². The van der Waals surface area contributed by atoms with Crippen LogP contribution in [0.4, 0.5) is 0 Å². The van der Waals surface area contributed by atoms with Gasteiger partial charge in [0, 0.05) is 0 Å². The maximum atomic E-state index is 9.70. The Bertz CT molecular complexity index is 209. The molecule has 0 saturated carbocycles. The lowest BCUT2D eigenvalue weighted by atomic mass is 9.91. The van der Waals surface area contributed by atoms with Crippen molar-refractivity contribution in [2.75, 3.05) is 6.61 Å². The maximum absolute atomic E-state index is 9.70. The molecule has 1 aliphatic rings. The van der Waals surface area contributed by atoms with Crippen LogP contribution in [-0.2, 0) is 4.74 Å². The van der Waals surface area contributed by atoms with Gasteiger partial charge in [0.1, 0.15) is 30.5 Å². The van der Waals surface area contributed by atoms with Crippen molar-refractivity contribution in [1.82, 2.24) is 0 Å². The Morgan fingerprint density at radius 2 is 1.75 bits per heavy atom. The zero-order chi connectivity index (χ0) is 12.3. The summed E-state index contributed by atoms with van der Waals surface area (Å²) in [5.41, 5.74) is 0. The van der Waals surface area contributed by atoms with Gasteiger partial charge in [0.15, 0.2) is 0 Å². The first kappa shape index (κ1) is 13.8. The van der Waals surface area contributed by atoms with Gasteiger partial charge in [0.05, 0.1) is 12.7 Å². The van der Waals surface area contributed by atoms with Crippen LogP contribution in [0, 0.1) is 0 Å². The van der Waals surface area contributed by atoms with Crippen LogP contribution in [-0.4, -0.2) is 68.8 Å². The van der Waals surface area contributed by atoms with Crippen molar-refractivity contribution < 1.29 is 30.3 Å². The van der Waals surface area contributed by atoms with Gasteiger partial charge in [0.25, 0.3) is 0 Å². The molecule has 0 aromatic rings. The van der Waals surface area contributed by atoms with Gasteiger partial charge in [-0.15, -0.1) is 0 Å². The first-order valence-corrected chi connectivity index (χ1v) is 5.51. The molecule has 16 heavy (non-hydrogen) atoms. The summed E-state index contributed by atoms with van der Waals surface area (Å²) in [5, 5.41) is 47.3. The van der Waals surface area contributed by atoms with Gasteiger partial charge in [-0.05, 0) is 6.42 Å². The molecule has 1 aliphatic heterocycles. The molecule has 96 valence electrons. The molecular formula is C10H20O6. The first-order valence-electron chi connectivity index (χ1n) is 5.51. The predicted octanol–water partition coefficient (Wildman–Crippen LogP) is -2.01. The molecule has 0 spiro atoms. The Hall–Kier alpha value is -0.240. The van der Waals surface area contributed by atoms with Gasteiger partial charge in [-0.2, -0.15) is 0 Å². The van der Waals surface area contributed by atoms with E-state index in [0.717, 1.165) is 0 Å². The third-order valence-electron chi connectivity index (χ3n) is 2.89. The highest BCUT2D eigenvalue weighted by Crippen LogP contribution is 2.24. The maximum Gasteiger partial charge on any atom is 0.112 e. The smallest absolute Gasteiger partial charge is 0.112 e. The standard InChI is InChI=1S/C10H20O6/c1-2-3-5(12)10-9(15)8(14)7(13)6(4-11)16-10/h5-15H,2-4H2,1H3/t5?,6-,7-,8+,9-,10?/m1/s1. The molecule has 0 aromatic carbocycles. The molecule has 2 unspecified atom stereocenters. The Kier molecular flexibility index (Phi) is 5.10. The van der Waals surface area contributed by atoms with Crippen LogP contribution in [0.2, 0.25) is 0 Å². The quantitative estimate of drug-likeness (QED) is 0.386. The van der Waals surface area contributed by atoms with Crippen molar-refractivity contribution in [3.8, 4) is 0 Å². The minimum Gasteiger partial charge on any atom is -0.394 e. The summed E-state index contributed by atoms with van der Waals surface area (Å²) in [7, 11) is 0. The lowest BCUT2D eigenvalue weighted by Crippen LogP contribution is -2.61. The SMILES string of the molecule is CCCC(O)C1O[C@H](CO)[C@@H](O)[C@H](O)[C@H]1O. The third kappa shape index (κ3) is 2.71. The number of aliphatic hydroxyl groups is 5. The fourth-order valence-corrected chi connectivity index (χ4v) is 1.91. The Morgan fingerprint density at radius 1 is 1.12 bits per heavy atom. The fraction of sp³-hybridized carbons (Fsp3) is 1.00. The average molecular weight is 236 g/mol. The number of hydrogen-bond donors (Lipinski definition) is 5. The molecule has 1 fully saturated rings. The lowest BCUT2D eigenvalue weighted by Gasteiger charge is -2.41. The minimum atomic E-state index is -1.41. The summed E-state index contributed by atoms with van der Waals surface area (Å²) in [5.74, 6) is 0. The van der Waals surface area contributed by atoms with Crippen molar-refractivity contribution in [3.63, 3.8) is 0 Å². The van der Waals surface area contributed by atoms with E-state index < -0.39 is 43.2 Å². The molecule has 0 bridgehead atoms. The molecule has 1 saturated heterocycles. The van der Waals surface area contributed by atoms with Crippen LogP contribution in [0.25, 0.3) is 0 Å². The summed E-state index contributed by atoms with van der Waals surface area (Å²) >= 11 is 0. The molecule has 1 heterocycles. The molecule has 0 amide bonds. The van der Waals surface area contributed by atoms with E-state index in [1.165, 1.54) is 0 Å². The Labute approximate surface area is 94.1 Å². The van der Waals surface area contributed by atoms with Crippen LogP contribution in [0.3, 0.4) is 0 Å². The van der Waals surface area contributed by atoms with Gasteiger partial charge in [0.2, 0.25) is 0 Å². The predicted molar refractivity (Wildman–Crippen MR) is 54.7 cm³/mol. The van der Waals surface area contributed by atoms with Crippen LogP contribution in [0.5, 0.6) is 0 Å². The third-order valence-corrected chi connectivity index (χ3v) is 2.89. The number of ether oxygens (including phenoxy) is 1. The molecule has 6 heteroatoms. The average Bonchev–Trinajstić information content (AvgIpc) is 2.27. The summed E-state index contributed by atoms with van der Waals surface area (Å²) in [6.45, 7) is 1.40. The highest BCUT2D eigenvalue weighted by molar-refractivity contribution is 4.94. The van der Waals surface area contributed by atoms with Gasteiger partial charge in [-0.1, -0.05) is 13.3 Å². The van der Waals surface area contributed by atoms with E-state index in [1.807, 2.05) is 6.92 Å². The highest BCUT2D eigenvalue weighted by atomic mass is 16.6. The molecule has 5 N–H and O–H groups in total. The monoisotopic (exact) mass is 236 g/mol. The van der Waals surface area contributed by atoms with E-state index in [0.29, 0.717) is 12.8 Å². The molecule has 0 aliphatic carbocycles. The Morgan fingerprint density at radius 3 is 2.25 bits per heavy atom. The summed E-state index contributed by atoms with van der Waals surface area (Å²) in [6, 6.07) is 0. The normalized spacial score (nSPS) is 42.0. The zero-order valence-corrected chi connectivity index (χ0v) is 9.23. The van der Waals surface area contributed by atoms with Crippen molar-refractivity contribution in [3.05, 3.63) is 0 Å². The molecule has 0 aromatic heterocycles. The molecule has 6 atom stereocenters. The summed E-state index contributed by atoms with van der Waals surface area (Å²) in [6.07, 6.45) is -5.85. The number of rotatable bonds is 4. The summed E-state index contributed by atoms with van der Waals surface area (Å²) < 4.78 is 5.18. The van der Waals surface area contributed by atoms with Gasteiger partial charge in [-0.3, -0.25) is 0 Å². The van der Waals surface area contributed by atoms with E-state index in [1.54, 1.807) is 0 Å². The van der Waals surface area contributed by atoms with Gasteiger partial charge >= 0.3 is 0 Å². The zero-order valence-electron chi connectivity index (χ0n) is 9.23. The second-order valence-corrected chi connectivity index (χ2v) is 4.15. The molecule has 0 radical (unpaired) electrons. The van der Waals surface area contributed by atoms with Gasteiger partial charge < -0.3 is 30.3 Å². The van der Waals surface area contributed by atoms with Crippen LogP contribution < -0.4 is 0 Å². The number of hydrogen-bond acceptors (Lipinski definition) is 6. The summed E-state index contributed by atoms with van der Waals surface area (Å²) in [4.78, 5) is 0. The second kappa shape index (κ2) is 5.90. The molecular weight excluding hydrogens is 216 g/mol. The van der Waals surface area contributed by atoms with Crippen molar-refractivity contribution in [2.45, 2.75) is 56.4 Å². The van der Waals surface area contributed by atoms with Crippen LogP contribution >= 0.6 is 0 Å². The van der Waals surface area contributed by atoms with E-state index in [4.69, 9.17) is 9.84 Å². The molecule has 1 rings (SSSR count).